The van der Waals surface area contributed by atoms with Gasteiger partial charge in [0, 0.05) is 47.2 Å². The molecule has 2 atom stereocenters. The third-order valence-corrected chi connectivity index (χ3v) is 7.81. The molecule has 2 aromatic heterocycles. The summed E-state index contributed by atoms with van der Waals surface area (Å²) in [5, 5.41) is 17.6. The van der Waals surface area contributed by atoms with E-state index in [1.54, 1.807) is 25.3 Å². The predicted octanol–water partition coefficient (Wildman–Crippen LogP) is 5.42. The first kappa shape index (κ1) is 23.1. The van der Waals surface area contributed by atoms with Crippen LogP contribution in [0, 0.1) is 11.6 Å². The van der Waals surface area contributed by atoms with Crippen molar-refractivity contribution in [1.29, 1.82) is 0 Å². The molecule has 4 aromatic rings. The highest BCUT2D eigenvalue weighted by atomic mass is 19.1. The van der Waals surface area contributed by atoms with E-state index in [-0.39, 0.29) is 24.3 Å². The van der Waals surface area contributed by atoms with Crippen molar-refractivity contribution >= 4 is 27.8 Å². The third kappa shape index (κ3) is 3.60. The van der Waals surface area contributed by atoms with Crippen molar-refractivity contribution in [1.82, 2.24) is 14.8 Å². The standard InChI is InChI=1S/C27H27F2N3O4/c1-27(26(33)34)9-6-16(14-36-27)21-22-20(12-17-13-30-31-24(17)23(22)29)32(19-4-2-18(28)3-5-19)25(21)15-7-10-35-11-8-15/h2-5,12-13,15-16H,6-11,14H2,1H3,(H,30,31)(H,33,34)/t16-,27+/m0/s1. The lowest BCUT2D eigenvalue weighted by Gasteiger charge is -2.35. The number of halogens is 2. The number of aromatic nitrogens is 3. The number of H-pyrrole nitrogens is 1. The van der Waals surface area contributed by atoms with Crippen LogP contribution in [0.2, 0.25) is 0 Å². The number of aliphatic carboxylic acids is 1. The highest BCUT2D eigenvalue weighted by Gasteiger charge is 2.42. The van der Waals surface area contributed by atoms with Gasteiger partial charge in [0.25, 0.3) is 0 Å². The molecule has 0 unspecified atom stereocenters. The molecule has 0 amide bonds. The average molecular weight is 496 g/mol. The smallest absolute Gasteiger partial charge is 0.335 e. The van der Waals surface area contributed by atoms with Gasteiger partial charge in [-0.3, -0.25) is 5.10 Å². The van der Waals surface area contributed by atoms with E-state index < -0.39 is 17.4 Å². The molecule has 2 fully saturated rings. The molecule has 36 heavy (non-hydrogen) atoms. The van der Waals surface area contributed by atoms with Crippen molar-refractivity contribution in [3.63, 3.8) is 0 Å². The molecule has 2 aromatic carbocycles. The quantitative estimate of drug-likeness (QED) is 0.395. The van der Waals surface area contributed by atoms with E-state index in [0.717, 1.165) is 29.8 Å². The van der Waals surface area contributed by atoms with Crippen molar-refractivity contribution in [2.75, 3.05) is 19.8 Å². The van der Waals surface area contributed by atoms with Crippen molar-refractivity contribution in [3.05, 3.63) is 59.4 Å². The number of hydrogen-bond acceptors (Lipinski definition) is 4. The summed E-state index contributed by atoms with van der Waals surface area (Å²) in [5.41, 5.74) is 2.28. The predicted molar refractivity (Wildman–Crippen MR) is 130 cm³/mol. The minimum absolute atomic E-state index is 0.0925. The van der Waals surface area contributed by atoms with E-state index >= 15 is 4.39 Å². The molecule has 188 valence electrons. The van der Waals surface area contributed by atoms with Crippen molar-refractivity contribution < 1.29 is 28.2 Å². The van der Waals surface area contributed by atoms with Gasteiger partial charge in [-0.1, -0.05) is 0 Å². The van der Waals surface area contributed by atoms with Crippen molar-refractivity contribution in [2.45, 2.75) is 50.0 Å². The Labute approximate surface area is 206 Å². The van der Waals surface area contributed by atoms with Crippen LogP contribution in [-0.2, 0) is 14.3 Å². The number of aromatic amines is 1. The van der Waals surface area contributed by atoms with Gasteiger partial charge in [-0.05, 0) is 68.5 Å². The Balaban J connectivity index is 1.64. The molecule has 7 nitrogen and oxygen atoms in total. The maximum Gasteiger partial charge on any atom is 0.335 e. The molecule has 9 heteroatoms. The Morgan fingerprint density at radius 3 is 2.58 bits per heavy atom. The van der Waals surface area contributed by atoms with Crippen LogP contribution < -0.4 is 0 Å². The minimum atomic E-state index is -1.26. The Kier molecular flexibility index (Phi) is 5.57. The zero-order valence-corrected chi connectivity index (χ0v) is 19.9. The van der Waals surface area contributed by atoms with E-state index in [2.05, 4.69) is 10.2 Å². The summed E-state index contributed by atoms with van der Waals surface area (Å²) in [5.74, 6) is -1.84. The number of benzene rings is 2. The fourth-order valence-corrected chi connectivity index (χ4v) is 5.79. The average Bonchev–Trinajstić information content (AvgIpc) is 3.49. The van der Waals surface area contributed by atoms with Crippen LogP contribution in [0.15, 0.2) is 36.5 Å². The number of carbonyl (C=O) groups is 1. The Morgan fingerprint density at radius 2 is 1.92 bits per heavy atom. The summed E-state index contributed by atoms with van der Waals surface area (Å²) >= 11 is 0. The van der Waals surface area contributed by atoms with Gasteiger partial charge in [0.1, 0.15) is 11.3 Å². The molecule has 0 aliphatic carbocycles. The molecule has 0 bridgehead atoms. The number of nitrogens with zero attached hydrogens (tertiary/aromatic N) is 2. The molecule has 0 saturated carbocycles. The topological polar surface area (TPSA) is 89.4 Å². The lowest BCUT2D eigenvalue weighted by molar-refractivity contribution is -0.170. The van der Waals surface area contributed by atoms with Crippen LogP contribution in [0.5, 0.6) is 0 Å². The van der Waals surface area contributed by atoms with Crippen LogP contribution in [-0.4, -0.2) is 51.3 Å². The van der Waals surface area contributed by atoms with Gasteiger partial charge in [-0.25, -0.2) is 13.6 Å². The largest absolute Gasteiger partial charge is 0.479 e. The van der Waals surface area contributed by atoms with E-state index in [1.165, 1.54) is 12.1 Å². The summed E-state index contributed by atoms with van der Waals surface area (Å²) in [6.07, 6.45) is 3.99. The molecule has 0 radical (unpaired) electrons. The van der Waals surface area contributed by atoms with Crippen LogP contribution in [0.1, 0.15) is 55.7 Å². The van der Waals surface area contributed by atoms with Crippen LogP contribution in [0.4, 0.5) is 8.78 Å². The maximum atomic E-state index is 16.2. The fraction of sp³-hybridized carbons (Fsp3) is 0.407. The fourth-order valence-electron chi connectivity index (χ4n) is 5.79. The molecule has 4 heterocycles. The van der Waals surface area contributed by atoms with Gasteiger partial charge in [0.15, 0.2) is 11.4 Å². The second-order valence-corrected chi connectivity index (χ2v) is 10.00. The number of fused-ring (bicyclic) bond motifs is 2. The Hall–Kier alpha value is -3.30. The first-order chi connectivity index (χ1) is 17.4. The normalized spacial score (nSPS) is 23.5. The van der Waals surface area contributed by atoms with Gasteiger partial charge in [0.2, 0.25) is 0 Å². The van der Waals surface area contributed by atoms with Crippen molar-refractivity contribution in [2.24, 2.45) is 0 Å². The number of carboxylic acid groups (broad SMARTS) is 1. The molecule has 2 N–H and O–H groups in total. The maximum absolute atomic E-state index is 16.2. The molecule has 2 aliphatic heterocycles. The third-order valence-electron chi connectivity index (χ3n) is 7.81. The molecular formula is C27H27F2N3O4. The summed E-state index contributed by atoms with van der Waals surface area (Å²) in [6, 6.07) is 8.14. The summed E-state index contributed by atoms with van der Waals surface area (Å²) in [4.78, 5) is 11.8. The number of ether oxygens (including phenoxy) is 2. The van der Waals surface area contributed by atoms with E-state index in [4.69, 9.17) is 9.47 Å². The van der Waals surface area contributed by atoms with Gasteiger partial charge < -0.3 is 19.1 Å². The monoisotopic (exact) mass is 495 g/mol. The number of carboxylic acids is 1. The lowest BCUT2D eigenvalue weighted by Crippen LogP contribution is -2.43. The van der Waals surface area contributed by atoms with Gasteiger partial charge in [0.05, 0.1) is 18.3 Å². The summed E-state index contributed by atoms with van der Waals surface area (Å²) < 4.78 is 43.7. The number of nitrogens with one attached hydrogen (secondary N) is 1. The van der Waals surface area contributed by atoms with E-state index in [9.17, 15) is 14.3 Å². The number of rotatable bonds is 4. The molecule has 6 rings (SSSR count). The van der Waals surface area contributed by atoms with Gasteiger partial charge in [-0.2, -0.15) is 5.10 Å². The second-order valence-electron chi connectivity index (χ2n) is 10.00. The molecule has 2 aliphatic rings. The van der Waals surface area contributed by atoms with Crippen LogP contribution in [0.3, 0.4) is 0 Å². The first-order valence-electron chi connectivity index (χ1n) is 12.3. The Bertz CT molecular complexity index is 1450. The van der Waals surface area contributed by atoms with Crippen molar-refractivity contribution in [3.8, 4) is 5.69 Å². The first-order valence-corrected chi connectivity index (χ1v) is 12.3. The molecule has 0 spiro atoms. The minimum Gasteiger partial charge on any atom is -0.479 e. The van der Waals surface area contributed by atoms with Gasteiger partial charge >= 0.3 is 5.97 Å². The zero-order chi connectivity index (χ0) is 25.0. The Morgan fingerprint density at radius 1 is 1.17 bits per heavy atom. The summed E-state index contributed by atoms with van der Waals surface area (Å²) in [6.45, 7) is 2.95. The van der Waals surface area contributed by atoms with Crippen LogP contribution in [0.25, 0.3) is 27.5 Å². The highest BCUT2D eigenvalue weighted by molar-refractivity contribution is 6.00. The lowest BCUT2D eigenvalue weighted by atomic mass is 9.81. The molecule has 2 saturated heterocycles. The van der Waals surface area contributed by atoms with E-state index in [1.807, 2.05) is 10.6 Å². The number of hydrogen-bond donors (Lipinski definition) is 2. The summed E-state index contributed by atoms with van der Waals surface area (Å²) in [7, 11) is 0. The van der Waals surface area contributed by atoms with Crippen LogP contribution >= 0.6 is 0 Å². The highest BCUT2D eigenvalue weighted by Crippen LogP contribution is 2.47. The van der Waals surface area contributed by atoms with Gasteiger partial charge in [-0.15, -0.1) is 0 Å². The SMILES string of the molecule is C[C@]1(C(=O)O)CC[C@H](c2c(C3CCOCC3)n(-c3ccc(F)cc3)c3cc4cn[nH]c4c(F)c23)CO1. The van der Waals surface area contributed by atoms with E-state index in [0.29, 0.717) is 47.9 Å². The molecular weight excluding hydrogens is 468 g/mol. The zero-order valence-electron chi connectivity index (χ0n) is 19.9. The second kappa shape index (κ2) is 8.67.